The summed E-state index contributed by atoms with van der Waals surface area (Å²) in [5.74, 6) is -2.30. The van der Waals surface area contributed by atoms with Gasteiger partial charge in [0.1, 0.15) is 16.9 Å². The Morgan fingerprint density at radius 1 is 1.32 bits per heavy atom. The fraction of sp³-hybridized carbons (Fsp3) is 0.294. The monoisotopic (exact) mass is 378 g/mol. The first kappa shape index (κ1) is 19.1. The predicted octanol–water partition coefficient (Wildman–Crippen LogP) is 2.11. The number of rotatable bonds is 6. The van der Waals surface area contributed by atoms with Crippen molar-refractivity contribution in [1.29, 1.82) is 0 Å². The lowest BCUT2D eigenvalue weighted by Crippen LogP contribution is -2.48. The van der Waals surface area contributed by atoms with Gasteiger partial charge in [-0.15, -0.1) is 0 Å². The van der Waals surface area contributed by atoms with E-state index in [1.54, 1.807) is 19.9 Å². The number of aliphatic carboxylic acids is 1. The van der Waals surface area contributed by atoms with E-state index in [0.29, 0.717) is 4.91 Å². The Bertz CT molecular complexity index is 731. The molecule has 8 heteroatoms. The summed E-state index contributed by atoms with van der Waals surface area (Å²) in [5, 5.41) is 11.6. The second kappa shape index (κ2) is 8.26. The lowest BCUT2D eigenvalue weighted by Gasteiger charge is -2.20. The summed E-state index contributed by atoms with van der Waals surface area (Å²) in [5.41, 5.74) is 0.859. The summed E-state index contributed by atoms with van der Waals surface area (Å²) in [7, 11) is 0. The number of nitrogens with one attached hydrogen (secondary N) is 1. The SMILES string of the molecule is CC(C)C(NC(=O)CN1C(=O)/C(=C\c2ccccc2)SC1=S)C(=O)O. The zero-order valence-corrected chi connectivity index (χ0v) is 15.4. The van der Waals surface area contributed by atoms with Gasteiger partial charge in [-0.2, -0.15) is 0 Å². The normalized spacial score (nSPS) is 17.2. The van der Waals surface area contributed by atoms with E-state index >= 15 is 0 Å². The van der Waals surface area contributed by atoms with Crippen molar-refractivity contribution in [2.45, 2.75) is 19.9 Å². The van der Waals surface area contributed by atoms with E-state index in [4.69, 9.17) is 17.3 Å². The van der Waals surface area contributed by atoms with Crippen molar-refractivity contribution in [3.63, 3.8) is 0 Å². The van der Waals surface area contributed by atoms with Crippen LogP contribution in [0.3, 0.4) is 0 Å². The molecule has 1 unspecified atom stereocenters. The third-order valence-electron chi connectivity index (χ3n) is 3.52. The first-order valence-electron chi connectivity index (χ1n) is 7.62. The van der Waals surface area contributed by atoms with Crippen LogP contribution < -0.4 is 5.32 Å². The minimum absolute atomic E-state index is 0.273. The number of carbonyl (C=O) groups excluding carboxylic acids is 2. The minimum Gasteiger partial charge on any atom is -0.480 e. The Kier molecular flexibility index (Phi) is 6.33. The van der Waals surface area contributed by atoms with Gasteiger partial charge in [0.25, 0.3) is 5.91 Å². The second-order valence-corrected chi connectivity index (χ2v) is 7.48. The van der Waals surface area contributed by atoms with Crippen LogP contribution in [0.5, 0.6) is 0 Å². The van der Waals surface area contributed by atoms with Crippen molar-refractivity contribution in [1.82, 2.24) is 10.2 Å². The molecule has 0 bridgehead atoms. The van der Waals surface area contributed by atoms with Crippen molar-refractivity contribution in [2.24, 2.45) is 5.92 Å². The summed E-state index contributed by atoms with van der Waals surface area (Å²) in [6.07, 6.45) is 1.71. The summed E-state index contributed by atoms with van der Waals surface area (Å²) < 4.78 is 0.277. The Hall–Kier alpha value is -2.19. The lowest BCUT2D eigenvalue weighted by atomic mass is 10.0. The third kappa shape index (κ3) is 4.90. The Labute approximate surface area is 155 Å². The van der Waals surface area contributed by atoms with Crippen LogP contribution in [0, 0.1) is 5.92 Å². The molecule has 1 aliphatic rings. The van der Waals surface area contributed by atoms with Crippen molar-refractivity contribution in [2.75, 3.05) is 6.54 Å². The molecule has 1 fully saturated rings. The van der Waals surface area contributed by atoms with E-state index in [9.17, 15) is 14.4 Å². The fourth-order valence-corrected chi connectivity index (χ4v) is 3.47. The maximum Gasteiger partial charge on any atom is 0.326 e. The van der Waals surface area contributed by atoms with Crippen LogP contribution in [0.15, 0.2) is 35.2 Å². The highest BCUT2D eigenvalue weighted by atomic mass is 32.2. The Morgan fingerprint density at radius 2 is 1.96 bits per heavy atom. The maximum absolute atomic E-state index is 12.5. The number of hydrogen-bond acceptors (Lipinski definition) is 5. The van der Waals surface area contributed by atoms with E-state index in [2.05, 4.69) is 5.32 Å². The van der Waals surface area contributed by atoms with Gasteiger partial charge >= 0.3 is 5.97 Å². The molecule has 1 atom stereocenters. The molecule has 25 heavy (non-hydrogen) atoms. The van der Waals surface area contributed by atoms with Crippen LogP contribution in [0.1, 0.15) is 19.4 Å². The maximum atomic E-state index is 12.5. The summed E-state index contributed by atoms with van der Waals surface area (Å²) in [6, 6.07) is 8.31. The number of carboxylic acids is 1. The molecule has 0 radical (unpaired) electrons. The largest absolute Gasteiger partial charge is 0.480 e. The van der Waals surface area contributed by atoms with E-state index in [-0.39, 0.29) is 22.7 Å². The van der Waals surface area contributed by atoms with Gasteiger partial charge in [-0.25, -0.2) is 4.79 Å². The molecule has 1 aliphatic heterocycles. The molecule has 0 aliphatic carbocycles. The molecule has 2 N–H and O–H groups in total. The third-order valence-corrected chi connectivity index (χ3v) is 4.90. The molecule has 1 aromatic rings. The molecule has 1 saturated heterocycles. The van der Waals surface area contributed by atoms with Gasteiger partial charge in [-0.05, 0) is 17.6 Å². The zero-order chi connectivity index (χ0) is 18.6. The number of benzene rings is 1. The average molecular weight is 378 g/mol. The first-order valence-corrected chi connectivity index (χ1v) is 8.84. The molecule has 1 heterocycles. The number of hydrogen-bond donors (Lipinski definition) is 2. The van der Waals surface area contributed by atoms with Gasteiger partial charge in [0.05, 0.1) is 4.91 Å². The van der Waals surface area contributed by atoms with Crippen molar-refractivity contribution in [3.05, 3.63) is 40.8 Å². The molecule has 2 rings (SSSR count). The Morgan fingerprint density at radius 3 is 2.52 bits per heavy atom. The van der Waals surface area contributed by atoms with Gasteiger partial charge in [-0.1, -0.05) is 68.2 Å². The molecular formula is C17H18N2O4S2. The molecule has 2 amide bonds. The quantitative estimate of drug-likeness (QED) is 0.582. The average Bonchev–Trinajstić information content (AvgIpc) is 2.80. The number of carbonyl (C=O) groups is 3. The molecule has 0 aromatic heterocycles. The topological polar surface area (TPSA) is 86.7 Å². The first-order chi connectivity index (χ1) is 11.8. The van der Waals surface area contributed by atoms with Crippen LogP contribution in [0.2, 0.25) is 0 Å². The van der Waals surface area contributed by atoms with Crippen LogP contribution >= 0.6 is 24.0 Å². The van der Waals surface area contributed by atoms with E-state index < -0.39 is 17.9 Å². The second-order valence-electron chi connectivity index (χ2n) is 5.81. The number of thioether (sulfide) groups is 1. The van der Waals surface area contributed by atoms with Crippen molar-refractivity contribution >= 4 is 52.2 Å². The number of carboxylic acid groups (broad SMARTS) is 1. The van der Waals surface area contributed by atoms with Gasteiger partial charge in [-0.3, -0.25) is 14.5 Å². The van der Waals surface area contributed by atoms with E-state index in [0.717, 1.165) is 17.3 Å². The summed E-state index contributed by atoms with van der Waals surface area (Å²) >= 11 is 6.30. The van der Waals surface area contributed by atoms with Gasteiger partial charge in [0, 0.05) is 0 Å². The lowest BCUT2D eigenvalue weighted by molar-refractivity contribution is -0.143. The molecule has 6 nitrogen and oxygen atoms in total. The van der Waals surface area contributed by atoms with Crippen LogP contribution in [-0.2, 0) is 14.4 Å². The molecule has 0 saturated carbocycles. The van der Waals surface area contributed by atoms with E-state index in [1.807, 2.05) is 30.3 Å². The van der Waals surface area contributed by atoms with Gasteiger partial charge in [0.2, 0.25) is 5.91 Å². The summed E-state index contributed by atoms with van der Waals surface area (Å²) in [6.45, 7) is 3.09. The fourth-order valence-electron chi connectivity index (χ4n) is 2.21. The predicted molar refractivity (Wildman–Crippen MR) is 101 cm³/mol. The highest BCUT2D eigenvalue weighted by Crippen LogP contribution is 2.32. The van der Waals surface area contributed by atoms with Crippen LogP contribution in [0.25, 0.3) is 6.08 Å². The number of nitrogens with zero attached hydrogens (tertiary/aromatic N) is 1. The molecule has 1 aromatic carbocycles. The molecular weight excluding hydrogens is 360 g/mol. The van der Waals surface area contributed by atoms with Crippen molar-refractivity contribution in [3.8, 4) is 0 Å². The van der Waals surface area contributed by atoms with Gasteiger partial charge in [0.15, 0.2) is 0 Å². The van der Waals surface area contributed by atoms with Crippen LogP contribution in [-0.4, -0.2) is 44.7 Å². The zero-order valence-electron chi connectivity index (χ0n) is 13.8. The smallest absolute Gasteiger partial charge is 0.326 e. The van der Waals surface area contributed by atoms with Gasteiger partial charge < -0.3 is 10.4 Å². The Balaban J connectivity index is 2.06. The minimum atomic E-state index is -1.11. The standard InChI is InChI=1S/C17H18N2O4S2/c1-10(2)14(16(22)23)18-13(20)9-19-15(21)12(25-17(19)24)8-11-6-4-3-5-7-11/h3-8,10,14H,9H2,1-2H3,(H,18,20)(H,22,23)/b12-8+. The highest BCUT2D eigenvalue weighted by molar-refractivity contribution is 8.26. The van der Waals surface area contributed by atoms with Crippen LogP contribution in [0.4, 0.5) is 0 Å². The van der Waals surface area contributed by atoms with Crippen molar-refractivity contribution < 1.29 is 19.5 Å². The molecule has 0 spiro atoms. The molecule has 132 valence electrons. The van der Waals surface area contributed by atoms with E-state index in [1.165, 1.54) is 4.90 Å². The number of thiocarbonyl (C=S) groups is 1. The highest BCUT2D eigenvalue weighted by Gasteiger charge is 2.34. The summed E-state index contributed by atoms with van der Waals surface area (Å²) in [4.78, 5) is 37.4. The number of amides is 2.